The Bertz CT molecular complexity index is 897. The normalized spacial score (nSPS) is 21.7. The molecule has 8 heteroatoms. The van der Waals surface area contributed by atoms with Gasteiger partial charge in [-0.15, -0.1) is 0 Å². The summed E-state index contributed by atoms with van der Waals surface area (Å²) in [5.74, 6) is -1.35. The highest BCUT2D eigenvalue weighted by Gasteiger charge is 2.33. The topological polar surface area (TPSA) is 111 Å². The van der Waals surface area contributed by atoms with E-state index < -0.39 is 18.1 Å². The number of nitrogens with one attached hydrogen (secondary N) is 3. The summed E-state index contributed by atoms with van der Waals surface area (Å²) in [4.78, 5) is 38.3. The number of H-pyrrole nitrogens is 1. The van der Waals surface area contributed by atoms with Gasteiger partial charge >= 0.3 is 0 Å². The fourth-order valence-corrected chi connectivity index (χ4v) is 3.32. The van der Waals surface area contributed by atoms with E-state index in [4.69, 9.17) is 0 Å². The molecule has 1 aliphatic rings. The number of amides is 2. The van der Waals surface area contributed by atoms with Gasteiger partial charge in [0.2, 0.25) is 11.5 Å². The minimum atomic E-state index is -0.866. The number of aliphatic hydroxyl groups excluding tert-OH is 1. The molecule has 0 unspecified atom stereocenters. The van der Waals surface area contributed by atoms with E-state index in [0.717, 1.165) is 5.56 Å². The van der Waals surface area contributed by atoms with Crippen LogP contribution < -0.4 is 16.2 Å². The molecule has 0 aliphatic heterocycles. The number of aliphatic hydroxyl groups is 1. The molecule has 2 amide bonds. The number of hydrogen-bond donors (Lipinski definition) is 4. The highest BCUT2D eigenvalue weighted by Crippen LogP contribution is 2.25. The summed E-state index contributed by atoms with van der Waals surface area (Å²) in [6, 6.07) is 9.65. The Hall–Kier alpha value is -3.00. The maximum absolute atomic E-state index is 12.9. The molecule has 28 heavy (non-hydrogen) atoms. The lowest BCUT2D eigenvalue weighted by Gasteiger charge is -2.32. The molecular formula is C20H22FN3O4. The molecule has 0 bridgehead atoms. The van der Waals surface area contributed by atoms with Crippen molar-refractivity contribution in [1.82, 2.24) is 15.6 Å². The van der Waals surface area contributed by atoms with Gasteiger partial charge in [-0.3, -0.25) is 14.4 Å². The van der Waals surface area contributed by atoms with Crippen LogP contribution in [0.4, 0.5) is 4.39 Å². The Kier molecular flexibility index (Phi) is 6.20. The molecule has 1 heterocycles. The monoisotopic (exact) mass is 387 g/mol. The molecule has 1 aliphatic carbocycles. The Morgan fingerprint density at radius 3 is 2.57 bits per heavy atom. The zero-order valence-electron chi connectivity index (χ0n) is 15.2. The van der Waals surface area contributed by atoms with E-state index in [0.29, 0.717) is 12.8 Å². The van der Waals surface area contributed by atoms with E-state index in [2.05, 4.69) is 15.6 Å². The first-order valence-corrected chi connectivity index (χ1v) is 9.13. The lowest BCUT2D eigenvalue weighted by Crippen LogP contribution is -2.49. The lowest BCUT2D eigenvalue weighted by atomic mass is 9.83. The van der Waals surface area contributed by atoms with Crippen LogP contribution in [0.15, 0.2) is 47.3 Å². The first-order valence-electron chi connectivity index (χ1n) is 9.13. The quantitative estimate of drug-likeness (QED) is 0.615. The third-order valence-electron chi connectivity index (χ3n) is 4.90. The lowest BCUT2D eigenvalue weighted by molar-refractivity contribution is -0.127. The third kappa shape index (κ3) is 5.04. The number of rotatable bonds is 5. The van der Waals surface area contributed by atoms with Crippen LogP contribution in [-0.2, 0) is 11.3 Å². The van der Waals surface area contributed by atoms with E-state index in [-0.39, 0.29) is 41.9 Å². The van der Waals surface area contributed by atoms with Gasteiger partial charge in [-0.2, -0.15) is 0 Å². The third-order valence-corrected chi connectivity index (χ3v) is 4.90. The van der Waals surface area contributed by atoms with Gasteiger partial charge in [0.1, 0.15) is 11.5 Å². The second kappa shape index (κ2) is 8.79. The van der Waals surface area contributed by atoms with Crippen LogP contribution in [0, 0.1) is 11.7 Å². The maximum atomic E-state index is 12.9. The molecule has 3 atom stereocenters. The van der Waals surface area contributed by atoms with Gasteiger partial charge in [-0.1, -0.05) is 18.2 Å². The minimum Gasteiger partial charge on any atom is -0.391 e. The van der Waals surface area contributed by atoms with Crippen molar-refractivity contribution in [2.24, 2.45) is 5.92 Å². The number of aromatic nitrogens is 1. The number of benzene rings is 1. The van der Waals surface area contributed by atoms with Crippen LogP contribution in [-0.4, -0.2) is 34.1 Å². The average molecular weight is 387 g/mol. The van der Waals surface area contributed by atoms with Gasteiger partial charge in [0, 0.05) is 18.5 Å². The molecule has 0 radical (unpaired) electrons. The predicted octanol–water partition coefficient (Wildman–Crippen LogP) is 1.09. The van der Waals surface area contributed by atoms with Gasteiger partial charge in [0.15, 0.2) is 0 Å². The molecule has 0 spiro atoms. The Labute approximate surface area is 161 Å². The van der Waals surface area contributed by atoms with Gasteiger partial charge in [-0.05, 0) is 43.0 Å². The van der Waals surface area contributed by atoms with Crippen LogP contribution in [0.2, 0.25) is 0 Å². The van der Waals surface area contributed by atoms with E-state index in [1.807, 2.05) is 0 Å². The maximum Gasteiger partial charge on any atom is 0.268 e. The summed E-state index contributed by atoms with van der Waals surface area (Å²) >= 11 is 0. The van der Waals surface area contributed by atoms with Gasteiger partial charge in [0.05, 0.1) is 12.1 Å². The van der Waals surface area contributed by atoms with E-state index >= 15 is 0 Å². The molecule has 0 saturated heterocycles. The number of carbonyl (C=O) groups is 2. The van der Waals surface area contributed by atoms with Crippen molar-refractivity contribution in [2.45, 2.75) is 38.0 Å². The number of halogens is 1. The Morgan fingerprint density at radius 2 is 1.89 bits per heavy atom. The van der Waals surface area contributed by atoms with Crippen LogP contribution in [0.3, 0.4) is 0 Å². The molecule has 2 aromatic rings. The van der Waals surface area contributed by atoms with Crippen molar-refractivity contribution >= 4 is 11.8 Å². The molecule has 3 rings (SSSR count). The molecule has 1 saturated carbocycles. The standard InChI is InChI=1S/C20H22FN3O4/c21-14-7-4-12(5-8-14)11-22-19(27)13-6-9-15(17(25)10-13)24-20(28)16-2-1-3-18(26)23-16/h1-5,7-8,13,15,17,25H,6,9-11H2,(H,22,27)(H,23,26)(H,24,28)/t13-,15-,17-/m0/s1. The zero-order chi connectivity index (χ0) is 20.1. The van der Waals surface area contributed by atoms with Crippen molar-refractivity contribution in [1.29, 1.82) is 0 Å². The summed E-state index contributed by atoms with van der Waals surface area (Å²) in [6.45, 7) is 0.285. The number of carbonyl (C=O) groups excluding carboxylic acids is 2. The predicted molar refractivity (Wildman–Crippen MR) is 99.9 cm³/mol. The second-order valence-electron chi connectivity index (χ2n) is 6.93. The van der Waals surface area contributed by atoms with Crippen molar-refractivity contribution in [3.63, 3.8) is 0 Å². The molecule has 1 aromatic heterocycles. The molecule has 4 N–H and O–H groups in total. The number of pyridine rings is 1. The smallest absolute Gasteiger partial charge is 0.268 e. The van der Waals surface area contributed by atoms with Crippen LogP contribution in [0.25, 0.3) is 0 Å². The van der Waals surface area contributed by atoms with Crippen LogP contribution >= 0.6 is 0 Å². The molecule has 148 valence electrons. The largest absolute Gasteiger partial charge is 0.391 e. The van der Waals surface area contributed by atoms with Crippen LogP contribution in [0.5, 0.6) is 0 Å². The molecule has 1 fully saturated rings. The van der Waals surface area contributed by atoms with Gasteiger partial charge in [0.25, 0.3) is 5.91 Å². The Balaban J connectivity index is 1.50. The summed E-state index contributed by atoms with van der Waals surface area (Å²) in [6.07, 6.45) is 0.321. The van der Waals surface area contributed by atoms with E-state index in [9.17, 15) is 23.9 Å². The van der Waals surface area contributed by atoms with Crippen LogP contribution in [0.1, 0.15) is 35.3 Å². The summed E-state index contributed by atoms with van der Waals surface area (Å²) < 4.78 is 12.9. The summed E-state index contributed by atoms with van der Waals surface area (Å²) in [5.41, 5.74) is 0.529. The minimum absolute atomic E-state index is 0.124. The number of hydrogen-bond acceptors (Lipinski definition) is 4. The summed E-state index contributed by atoms with van der Waals surface area (Å²) in [5, 5.41) is 15.9. The van der Waals surface area contributed by atoms with Gasteiger partial charge < -0.3 is 20.7 Å². The van der Waals surface area contributed by atoms with E-state index in [1.54, 1.807) is 12.1 Å². The Morgan fingerprint density at radius 1 is 1.14 bits per heavy atom. The highest BCUT2D eigenvalue weighted by atomic mass is 19.1. The first-order chi connectivity index (χ1) is 13.4. The van der Waals surface area contributed by atoms with E-state index in [1.165, 1.54) is 30.3 Å². The fourth-order valence-electron chi connectivity index (χ4n) is 3.32. The molecule has 1 aromatic carbocycles. The van der Waals surface area contributed by atoms with Crippen molar-refractivity contribution in [3.05, 3.63) is 69.9 Å². The summed E-state index contributed by atoms with van der Waals surface area (Å²) in [7, 11) is 0. The van der Waals surface area contributed by atoms with Gasteiger partial charge in [-0.25, -0.2) is 4.39 Å². The van der Waals surface area contributed by atoms with Crippen molar-refractivity contribution in [2.75, 3.05) is 0 Å². The SMILES string of the molecule is O=C(N[C@H]1CC[C@H](C(=O)NCc2ccc(F)cc2)C[C@@H]1O)c1cccc(=O)[nH]1. The molecule has 7 nitrogen and oxygen atoms in total. The first kappa shape index (κ1) is 19.8. The zero-order valence-corrected chi connectivity index (χ0v) is 15.2. The average Bonchev–Trinajstić information content (AvgIpc) is 2.68. The highest BCUT2D eigenvalue weighted by molar-refractivity contribution is 5.92. The van der Waals surface area contributed by atoms with Crippen molar-refractivity contribution < 1.29 is 19.1 Å². The second-order valence-corrected chi connectivity index (χ2v) is 6.93. The number of aromatic amines is 1. The fraction of sp³-hybridized carbons (Fsp3) is 0.350. The molecular weight excluding hydrogens is 365 g/mol. The van der Waals surface area contributed by atoms with Crippen molar-refractivity contribution in [3.8, 4) is 0 Å².